The summed E-state index contributed by atoms with van der Waals surface area (Å²) in [5.74, 6) is 1.06. The molecule has 0 saturated carbocycles. The molecule has 0 atom stereocenters. The van der Waals surface area contributed by atoms with Crippen LogP contribution in [0.5, 0.6) is 17.2 Å². The van der Waals surface area contributed by atoms with Crippen LogP contribution in [0.15, 0.2) is 76.1 Å². The Kier molecular flexibility index (Phi) is 5.57. The second-order valence-corrected chi connectivity index (χ2v) is 8.04. The Bertz CT molecular complexity index is 1330. The summed E-state index contributed by atoms with van der Waals surface area (Å²) < 4.78 is 11.8. The molecule has 6 nitrogen and oxygen atoms in total. The van der Waals surface area contributed by atoms with E-state index in [4.69, 9.17) is 9.15 Å². The average Bonchev–Trinajstić information content (AvgIpc) is 3.47. The van der Waals surface area contributed by atoms with Crippen molar-refractivity contribution in [1.82, 2.24) is 0 Å². The van der Waals surface area contributed by atoms with Gasteiger partial charge in [0.2, 0.25) is 0 Å². The van der Waals surface area contributed by atoms with Crippen molar-refractivity contribution in [3.63, 3.8) is 0 Å². The molecule has 2 heterocycles. The second kappa shape index (κ2) is 8.82. The van der Waals surface area contributed by atoms with Gasteiger partial charge in [-0.25, -0.2) is 0 Å². The van der Waals surface area contributed by atoms with Crippen LogP contribution in [0, 0.1) is 0 Å². The summed E-state index contributed by atoms with van der Waals surface area (Å²) in [4.78, 5) is 18.0. The van der Waals surface area contributed by atoms with Gasteiger partial charge < -0.3 is 19.4 Å². The number of rotatable bonds is 7. The van der Waals surface area contributed by atoms with Crippen molar-refractivity contribution in [3.05, 3.63) is 77.9 Å². The summed E-state index contributed by atoms with van der Waals surface area (Å²) in [6.45, 7) is 1.48. The quantitative estimate of drug-likeness (QED) is 0.357. The van der Waals surface area contributed by atoms with Crippen LogP contribution in [0.25, 0.3) is 22.3 Å². The first-order valence-corrected chi connectivity index (χ1v) is 10.9. The van der Waals surface area contributed by atoms with E-state index in [0.717, 1.165) is 25.8 Å². The molecule has 166 valence electrons. The predicted octanol–water partition coefficient (Wildman–Crippen LogP) is 5.75. The minimum atomic E-state index is -0.200. The third-order valence-corrected chi connectivity index (χ3v) is 5.76. The summed E-state index contributed by atoms with van der Waals surface area (Å²) in [6, 6.07) is 18.2. The van der Waals surface area contributed by atoms with Crippen molar-refractivity contribution in [2.75, 3.05) is 13.2 Å². The van der Waals surface area contributed by atoms with Crippen LogP contribution in [0.1, 0.15) is 35.2 Å². The lowest BCUT2D eigenvalue weighted by Crippen LogP contribution is -2.05. The lowest BCUT2D eigenvalue weighted by molar-refractivity contribution is 0.104. The van der Waals surface area contributed by atoms with E-state index in [9.17, 15) is 15.0 Å². The highest BCUT2D eigenvalue weighted by atomic mass is 16.5. The molecule has 4 aromatic rings. The lowest BCUT2D eigenvalue weighted by Gasteiger charge is -2.08. The van der Waals surface area contributed by atoms with Gasteiger partial charge in [0.25, 0.3) is 0 Å². The highest BCUT2D eigenvalue weighted by Crippen LogP contribution is 2.37. The first kappa shape index (κ1) is 20.8. The van der Waals surface area contributed by atoms with Crippen LogP contribution in [-0.2, 0) is 0 Å². The molecule has 3 aromatic carbocycles. The number of fused-ring (bicyclic) bond motifs is 1. The smallest absolute Gasteiger partial charge is 0.197 e. The summed E-state index contributed by atoms with van der Waals surface area (Å²) in [5, 5.41) is 20.1. The third-order valence-electron chi connectivity index (χ3n) is 5.76. The molecule has 1 aliphatic heterocycles. The molecule has 0 saturated heterocycles. The predicted molar refractivity (Wildman–Crippen MR) is 127 cm³/mol. The zero-order valence-electron chi connectivity index (χ0n) is 18.0. The van der Waals surface area contributed by atoms with Gasteiger partial charge in [-0.05, 0) is 73.5 Å². The van der Waals surface area contributed by atoms with Crippen molar-refractivity contribution in [2.24, 2.45) is 4.99 Å². The minimum Gasteiger partial charge on any atom is -0.508 e. The molecule has 0 aliphatic carbocycles. The standard InChI is InChI=1S/C27H23NO5/c29-20-7-3-18(4-8-20)27-25(23-12-9-21(30)16-24(23)33-27)26(31)17-5-10-22(11-6-17)32-15-13-19-2-1-14-28-19/h3-12,16,29-30H,1-2,13-15H2. The van der Waals surface area contributed by atoms with Gasteiger partial charge in [-0.1, -0.05) is 0 Å². The van der Waals surface area contributed by atoms with Crippen LogP contribution >= 0.6 is 0 Å². The van der Waals surface area contributed by atoms with Gasteiger partial charge >= 0.3 is 0 Å². The van der Waals surface area contributed by atoms with Gasteiger partial charge in [-0.15, -0.1) is 0 Å². The van der Waals surface area contributed by atoms with Gasteiger partial charge in [-0.2, -0.15) is 0 Å². The van der Waals surface area contributed by atoms with Crippen molar-refractivity contribution in [1.29, 1.82) is 0 Å². The first-order chi connectivity index (χ1) is 16.1. The number of phenols is 2. The molecule has 2 N–H and O–H groups in total. The fraction of sp³-hybridized carbons (Fsp3) is 0.185. The maximum Gasteiger partial charge on any atom is 0.197 e. The van der Waals surface area contributed by atoms with Crippen molar-refractivity contribution in [2.45, 2.75) is 19.3 Å². The Labute approximate surface area is 190 Å². The SMILES string of the molecule is O=C(c1ccc(OCCC2=NCCC2)cc1)c1c(-c2ccc(O)cc2)oc2cc(O)ccc12. The molecule has 0 radical (unpaired) electrons. The highest BCUT2D eigenvalue weighted by molar-refractivity contribution is 6.19. The second-order valence-electron chi connectivity index (χ2n) is 8.04. The van der Waals surface area contributed by atoms with E-state index in [0.29, 0.717) is 45.8 Å². The van der Waals surface area contributed by atoms with Crippen molar-refractivity contribution >= 4 is 22.5 Å². The Morgan fingerprint density at radius 1 is 0.970 bits per heavy atom. The number of furan rings is 1. The van der Waals surface area contributed by atoms with Gasteiger partial charge in [0, 0.05) is 41.3 Å². The number of carbonyl (C=O) groups is 1. The zero-order valence-corrected chi connectivity index (χ0v) is 18.0. The van der Waals surface area contributed by atoms with Gasteiger partial charge in [0.15, 0.2) is 5.78 Å². The summed E-state index contributed by atoms with van der Waals surface area (Å²) in [6.07, 6.45) is 3.00. The Hall–Kier alpha value is -4.06. The zero-order chi connectivity index (χ0) is 22.8. The van der Waals surface area contributed by atoms with E-state index in [1.54, 1.807) is 42.5 Å². The Morgan fingerprint density at radius 2 is 1.73 bits per heavy atom. The summed E-state index contributed by atoms with van der Waals surface area (Å²) in [7, 11) is 0. The van der Waals surface area contributed by atoms with Crippen LogP contribution < -0.4 is 4.74 Å². The molecule has 33 heavy (non-hydrogen) atoms. The van der Waals surface area contributed by atoms with Gasteiger partial charge in [-0.3, -0.25) is 9.79 Å². The van der Waals surface area contributed by atoms with E-state index in [1.165, 1.54) is 30.0 Å². The largest absolute Gasteiger partial charge is 0.508 e. The maximum atomic E-state index is 13.5. The molecule has 0 bridgehead atoms. The topological polar surface area (TPSA) is 92.3 Å². The fourth-order valence-electron chi connectivity index (χ4n) is 4.06. The van der Waals surface area contributed by atoms with Crippen molar-refractivity contribution in [3.8, 4) is 28.6 Å². The number of carbonyl (C=O) groups excluding carboxylic acids is 1. The van der Waals surface area contributed by atoms with Crippen LogP contribution in [0.4, 0.5) is 0 Å². The van der Waals surface area contributed by atoms with Crippen LogP contribution in [0.3, 0.4) is 0 Å². The number of ketones is 1. The van der Waals surface area contributed by atoms with Crippen LogP contribution in [-0.4, -0.2) is 34.9 Å². The Balaban J connectivity index is 1.43. The number of nitrogens with zero attached hydrogens (tertiary/aromatic N) is 1. The summed E-state index contributed by atoms with van der Waals surface area (Å²) in [5.41, 5.74) is 3.18. The number of aromatic hydroxyl groups is 2. The molecule has 1 aromatic heterocycles. The van der Waals surface area contributed by atoms with Gasteiger partial charge in [0.05, 0.1) is 12.2 Å². The van der Waals surface area contributed by atoms with Crippen molar-refractivity contribution < 1.29 is 24.2 Å². The molecule has 0 unspecified atom stereocenters. The molecule has 6 heteroatoms. The number of ether oxygens (including phenoxy) is 1. The van der Waals surface area contributed by atoms with E-state index in [-0.39, 0.29) is 17.3 Å². The van der Waals surface area contributed by atoms with E-state index >= 15 is 0 Å². The molecular formula is C27H23NO5. The normalized spacial score (nSPS) is 13.3. The number of aliphatic imine (C=N–C) groups is 1. The highest BCUT2D eigenvalue weighted by Gasteiger charge is 2.23. The molecule has 5 rings (SSSR count). The molecule has 1 aliphatic rings. The van der Waals surface area contributed by atoms with Crippen LogP contribution in [0.2, 0.25) is 0 Å². The van der Waals surface area contributed by atoms with E-state index < -0.39 is 0 Å². The summed E-state index contributed by atoms with van der Waals surface area (Å²) >= 11 is 0. The van der Waals surface area contributed by atoms with Gasteiger partial charge in [0.1, 0.15) is 28.6 Å². The monoisotopic (exact) mass is 441 g/mol. The number of hydrogen-bond acceptors (Lipinski definition) is 6. The third kappa shape index (κ3) is 4.32. The molecular weight excluding hydrogens is 418 g/mol. The lowest BCUT2D eigenvalue weighted by atomic mass is 9.97. The maximum absolute atomic E-state index is 13.5. The van der Waals surface area contributed by atoms with E-state index in [1.807, 2.05) is 0 Å². The fourth-order valence-corrected chi connectivity index (χ4v) is 4.06. The minimum absolute atomic E-state index is 0.0533. The first-order valence-electron chi connectivity index (χ1n) is 10.9. The van der Waals surface area contributed by atoms with E-state index in [2.05, 4.69) is 4.99 Å². The number of benzene rings is 3. The Morgan fingerprint density at radius 3 is 2.45 bits per heavy atom. The molecule has 0 fully saturated rings. The average molecular weight is 441 g/mol. The molecule has 0 spiro atoms. The number of phenolic OH excluding ortho intramolecular Hbond substituents is 2. The number of hydrogen-bond donors (Lipinski definition) is 2. The molecule has 0 amide bonds.